The predicted octanol–water partition coefficient (Wildman–Crippen LogP) is 5.10. The molecule has 15 nitrogen and oxygen atoms in total. The van der Waals surface area contributed by atoms with E-state index in [1.807, 2.05) is 54.6 Å². The minimum atomic E-state index is -1.41. The van der Waals surface area contributed by atoms with E-state index in [0.29, 0.717) is 23.5 Å². The molecule has 5 rings (SSSR count). The van der Waals surface area contributed by atoms with Gasteiger partial charge in [0, 0.05) is 23.3 Å². The molecule has 0 aliphatic rings. The first-order valence-electron chi connectivity index (χ1n) is 21.2. The zero-order chi connectivity index (χ0) is 47.3. The number of alkyl carbamates (subject to hydrolysis) is 1. The van der Waals surface area contributed by atoms with Crippen molar-refractivity contribution in [3.8, 4) is 5.75 Å². The lowest BCUT2D eigenvalue weighted by molar-refractivity contribution is -0.146. The van der Waals surface area contributed by atoms with E-state index in [0.717, 1.165) is 28.5 Å². The molecule has 0 unspecified atom stereocenters. The second-order valence-corrected chi connectivity index (χ2v) is 17.5. The lowest BCUT2D eigenvalue weighted by Gasteiger charge is -2.35. The van der Waals surface area contributed by atoms with Crippen LogP contribution in [0.2, 0.25) is 0 Å². The highest BCUT2D eigenvalue weighted by molar-refractivity contribution is 8.00. The van der Waals surface area contributed by atoms with Crippen LogP contribution in [0.1, 0.15) is 41.7 Å². The number of esters is 1. The van der Waals surface area contributed by atoms with Crippen LogP contribution in [0.15, 0.2) is 146 Å². The quantitative estimate of drug-likeness (QED) is 0.0445. The molecule has 7 N–H and O–H groups in total. The van der Waals surface area contributed by atoms with Gasteiger partial charge in [-0.1, -0.05) is 133 Å². The molecule has 66 heavy (non-hydrogen) atoms. The molecule has 0 saturated carbocycles. The first-order valence-corrected chi connectivity index (χ1v) is 22.2. The molecule has 0 aliphatic carbocycles. The van der Waals surface area contributed by atoms with E-state index < -0.39 is 71.2 Å². The van der Waals surface area contributed by atoms with Crippen LogP contribution in [0.4, 0.5) is 4.79 Å². The Morgan fingerprint density at radius 1 is 0.591 bits per heavy atom. The third-order valence-electron chi connectivity index (χ3n) is 10.2. The summed E-state index contributed by atoms with van der Waals surface area (Å²) in [5, 5.41) is 20.2. The van der Waals surface area contributed by atoms with E-state index in [4.69, 9.17) is 19.9 Å². The largest absolute Gasteiger partial charge is 0.489 e. The normalized spacial score (nSPS) is 12.8. The van der Waals surface area contributed by atoms with Crippen molar-refractivity contribution in [3.05, 3.63) is 173 Å². The summed E-state index contributed by atoms with van der Waals surface area (Å²) in [5.74, 6) is -3.77. The number of benzene rings is 5. The molecule has 5 aromatic rings. The number of amides is 4. The van der Waals surface area contributed by atoms with Crippen molar-refractivity contribution in [2.75, 3.05) is 12.3 Å². The molecular weight excluding hydrogens is 863 g/mol. The summed E-state index contributed by atoms with van der Waals surface area (Å²) >= 11 is 1.10. The number of ether oxygens (including phenoxy) is 3. The van der Waals surface area contributed by atoms with Crippen molar-refractivity contribution in [3.63, 3.8) is 0 Å². The standard InChI is InChI=1S/C50H55N5O10S/c1-50(2,66-33-40(51)48(61)64-31-37-19-11-5-12-20-37)44(46(58)52-29-43(56)53-42(47(59)60)28-34-15-7-3-8-16-34)55-45(57)41(54-49(62)65-32-38-21-13-6-14-22-38)27-35-23-25-39(26-24-35)63-30-36-17-9-4-10-18-36/h3-26,40-42,44H,27-33,51H2,1-2H3,(H,52,58)(H,53,56)(H,54,62)(H,55,57)(H,59,60)/t40-,41-,42-,44-/m0/s1. The zero-order valence-electron chi connectivity index (χ0n) is 36.7. The van der Waals surface area contributed by atoms with Gasteiger partial charge in [-0.15, -0.1) is 0 Å². The van der Waals surface area contributed by atoms with Crippen molar-refractivity contribution in [2.45, 2.75) is 75.4 Å². The number of nitrogens with two attached hydrogens (primary N) is 1. The maximum atomic E-state index is 14.4. The van der Waals surface area contributed by atoms with Crippen molar-refractivity contribution in [1.29, 1.82) is 0 Å². The van der Waals surface area contributed by atoms with Gasteiger partial charge in [0.05, 0.1) is 6.54 Å². The topological polar surface area (TPSA) is 224 Å². The summed E-state index contributed by atoms with van der Waals surface area (Å²) in [6.45, 7) is 2.93. The number of nitrogens with one attached hydrogen (secondary N) is 4. The molecule has 0 heterocycles. The minimum absolute atomic E-state index is 0.00212. The summed E-state index contributed by atoms with van der Waals surface area (Å²) < 4.78 is 15.6. The Bertz CT molecular complexity index is 2340. The molecular formula is C50H55N5O10S. The number of rotatable bonds is 24. The predicted molar refractivity (Wildman–Crippen MR) is 250 cm³/mol. The van der Waals surface area contributed by atoms with Gasteiger partial charge in [-0.3, -0.25) is 19.2 Å². The molecule has 0 aliphatic heterocycles. The summed E-state index contributed by atoms with van der Waals surface area (Å²) in [6, 6.07) is 38.3. The monoisotopic (exact) mass is 917 g/mol. The van der Waals surface area contributed by atoms with E-state index in [-0.39, 0.29) is 31.8 Å². The van der Waals surface area contributed by atoms with Crippen LogP contribution in [0, 0.1) is 0 Å². The molecule has 0 fully saturated rings. The molecule has 16 heteroatoms. The fourth-order valence-electron chi connectivity index (χ4n) is 6.47. The van der Waals surface area contributed by atoms with Gasteiger partial charge in [0.2, 0.25) is 17.7 Å². The SMILES string of the molecule is CC(C)(SC[C@H](N)C(=O)OCc1ccccc1)[C@@H](NC(=O)[C@H](Cc1ccc(OCc2ccccc2)cc1)NC(=O)OCc1ccccc1)C(=O)NCC(=O)N[C@@H](Cc1ccccc1)C(=O)O. The third-order valence-corrected chi connectivity index (χ3v) is 11.7. The van der Waals surface area contributed by atoms with E-state index in [2.05, 4.69) is 21.3 Å². The average Bonchev–Trinajstić information content (AvgIpc) is 3.33. The molecule has 0 saturated heterocycles. The molecule has 0 aromatic heterocycles. The van der Waals surface area contributed by atoms with Crippen molar-refractivity contribution < 1.29 is 48.1 Å². The van der Waals surface area contributed by atoms with Crippen LogP contribution >= 0.6 is 11.8 Å². The maximum absolute atomic E-state index is 14.4. The van der Waals surface area contributed by atoms with Crippen LogP contribution in [-0.4, -0.2) is 82.1 Å². The summed E-state index contributed by atoms with van der Waals surface area (Å²) in [4.78, 5) is 79.9. The van der Waals surface area contributed by atoms with Crippen LogP contribution in [0.5, 0.6) is 5.75 Å². The smallest absolute Gasteiger partial charge is 0.408 e. The number of hydrogen-bond donors (Lipinski definition) is 6. The molecule has 5 aromatic carbocycles. The summed E-state index contributed by atoms with van der Waals surface area (Å²) in [7, 11) is 0. The van der Waals surface area contributed by atoms with E-state index in [1.165, 1.54) is 0 Å². The highest BCUT2D eigenvalue weighted by Gasteiger charge is 2.40. The number of thioether (sulfide) groups is 1. The number of carboxylic acid groups (broad SMARTS) is 1. The summed E-state index contributed by atoms with van der Waals surface area (Å²) in [5.41, 5.74) is 10.0. The highest BCUT2D eigenvalue weighted by atomic mass is 32.2. The first-order chi connectivity index (χ1) is 31.8. The Hall–Kier alpha value is -7.17. The fraction of sp³-hybridized carbons (Fsp3) is 0.280. The van der Waals surface area contributed by atoms with E-state index >= 15 is 0 Å². The Morgan fingerprint density at radius 3 is 1.62 bits per heavy atom. The van der Waals surface area contributed by atoms with Gasteiger partial charge in [0.25, 0.3) is 0 Å². The number of carbonyl (C=O) groups excluding carboxylic acids is 5. The lowest BCUT2D eigenvalue weighted by Crippen LogP contribution is -2.61. The van der Waals surface area contributed by atoms with Crippen LogP contribution in [0.25, 0.3) is 0 Å². The Labute approximate surface area is 388 Å². The molecule has 4 amide bonds. The molecule has 0 spiro atoms. The van der Waals surface area contributed by atoms with Crippen LogP contribution in [0.3, 0.4) is 0 Å². The van der Waals surface area contributed by atoms with E-state index in [9.17, 15) is 33.9 Å². The van der Waals surface area contributed by atoms with Gasteiger partial charge >= 0.3 is 18.0 Å². The van der Waals surface area contributed by atoms with Gasteiger partial charge in [0.15, 0.2) is 0 Å². The molecule has 4 atom stereocenters. The Balaban J connectivity index is 1.32. The number of aliphatic carboxylic acids is 1. The van der Waals surface area contributed by atoms with Crippen LogP contribution < -0.4 is 31.7 Å². The van der Waals surface area contributed by atoms with Crippen molar-refractivity contribution in [2.24, 2.45) is 5.73 Å². The highest BCUT2D eigenvalue weighted by Crippen LogP contribution is 2.30. The molecule has 0 radical (unpaired) electrons. The number of hydrogen-bond acceptors (Lipinski definition) is 11. The minimum Gasteiger partial charge on any atom is -0.489 e. The first kappa shape index (κ1) is 49.8. The zero-order valence-corrected chi connectivity index (χ0v) is 37.5. The second-order valence-electron chi connectivity index (χ2n) is 15.8. The number of carboxylic acids is 1. The van der Waals surface area contributed by atoms with Gasteiger partial charge in [-0.05, 0) is 53.8 Å². The Morgan fingerprint density at radius 2 is 1.08 bits per heavy atom. The van der Waals surface area contributed by atoms with Crippen molar-refractivity contribution in [1.82, 2.24) is 21.3 Å². The molecule has 346 valence electrons. The second kappa shape index (κ2) is 25.4. The van der Waals surface area contributed by atoms with Crippen LogP contribution in [-0.2, 0) is 66.1 Å². The lowest BCUT2D eigenvalue weighted by atomic mass is 10.00. The average molecular weight is 918 g/mol. The van der Waals surface area contributed by atoms with Crippen molar-refractivity contribution >= 4 is 47.5 Å². The molecule has 0 bridgehead atoms. The van der Waals surface area contributed by atoms with Gasteiger partial charge in [0.1, 0.15) is 49.7 Å². The fourth-order valence-corrected chi connectivity index (χ4v) is 7.55. The van der Waals surface area contributed by atoms with E-state index in [1.54, 1.807) is 105 Å². The third kappa shape index (κ3) is 16.8. The van der Waals surface area contributed by atoms with Gasteiger partial charge < -0.3 is 46.3 Å². The maximum Gasteiger partial charge on any atom is 0.408 e. The van der Waals surface area contributed by atoms with Gasteiger partial charge in [-0.2, -0.15) is 11.8 Å². The van der Waals surface area contributed by atoms with Gasteiger partial charge in [-0.25, -0.2) is 9.59 Å². The number of carbonyl (C=O) groups is 6. The summed E-state index contributed by atoms with van der Waals surface area (Å²) in [6.07, 6.45) is -0.930. The Kier molecular flexibility index (Phi) is 19.1.